The quantitative estimate of drug-likeness (QED) is 0.768. The van der Waals surface area contributed by atoms with Crippen LogP contribution in [0.3, 0.4) is 0 Å². The van der Waals surface area contributed by atoms with Crippen molar-refractivity contribution < 1.29 is 13.9 Å². The Morgan fingerprint density at radius 3 is 2.65 bits per heavy atom. The summed E-state index contributed by atoms with van der Waals surface area (Å²) in [6.07, 6.45) is 0.277. The molecular formula is C14H18BrNO3Si. The van der Waals surface area contributed by atoms with Crippen molar-refractivity contribution in [3.05, 3.63) is 22.2 Å². The van der Waals surface area contributed by atoms with Crippen LogP contribution in [-0.2, 0) is 4.43 Å². The molecule has 0 N–H and O–H groups in total. The van der Waals surface area contributed by atoms with Crippen molar-refractivity contribution >= 4 is 24.2 Å². The van der Waals surface area contributed by atoms with E-state index in [-0.39, 0.29) is 0 Å². The third-order valence-corrected chi connectivity index (χ3v) is 4.25. The number of hydrogen-bond donors (Lipinski definition) is 0. The van der Waals surface area contributed by atoms with Crippen LogP contribution >= 0.6 is 15.9 Å². The fraction of sp³-hybridized carbons (Fsp3) is 0.500. The van der Waals surface area contributed by atoms with E-state index in [2.05, 4.69) is 41.6 Å². The van der Waals surface area contributed by atoms with Crippen molar-refractivity contribution in [2.24, 2.45) is 0 Å². The highest BCUT2D eigenvalue weighted by molar-refractivity contribution is 9.10. The molecule has 0 saturated carbocycles. The second kappa shape index (κ2) is 6.16. The minimum Gasteiger partial charge on any atom is -0.490 e. The van der Waals surface area contributed by atoms with Crippen LogP contribution in [0.5, 0.6) is 11.5 Å². The molecule has 0 fully saturated rings. The molecule has 1 atom stereocenters. The third kappa shape index (κ3) is 3.75. The van der Waals surface area contributed by atoms with Crippen LogP contribution in [0.25, 0.3) is 0 Å². The minimum atomic E-state index is -1.80. The van der Waals surface area contributed by atoms with Crippen LogP contribution in [0, 0.1) is 11.3 Å². The summed E-state index contributed by atoms with van der Waals surface area (Å²) in [5, 5.41) is 9.35. The third-order valence-electron chi connectivity index (χ3n) is 2.72. The Morgan fingerprint density at radius 2 is 2.00 bits per heavy atom. The van der Waals surface area contributed by atoms with E-state index in [1.807, 2.05) is 12.1 Å². The standard InChI is InChI=1S/C14H18BrNO3Si/c1-20(2,3)19-13(9-16)10-7-11(15)14-12(8-10)17-5-4-6-18-14/h7-8,13H,4-6H2,1-3H3. The van der Waals surface area contributed by atoms with E-state index in [1.165, 1.54) is 0 Å². The van der Waals surface area contributed by atoms with Crippen molar-refractivity contribution in [2.45, 2.75) is 32.2 Å². The van der Waals surface area contributed by atoms with Gasteiger partial charge in [0.1, 0.15) is 0 Å². The lowest BCUT2D eigenvalue weighted by atomic mass is 10.1. The lowest BCUT2D eigenvalue weighted by molar-refractivity contribution is 0.253. The van der Waals surface area contributed by atoms with Gasteiger partial charge < -0.3 is 13.9 Å². The molecule has 0 bridgehead atoms. The Balaban J connectivity index is 2.35. The molecule has 1 aromatic carbocycles. The SMILES string of the molecule is C[Si](C)(C)OC(C#N)c1cc(Br)c2c(c1)OCCCO2. The molecule has 1 aromatic rings. The second-order valence-corrected chi connectivity index (χ2v) is 10.9. The zero-order valence-corrected chi connectivity index (χ0v) is 14.5. The summed E-state index contributed by atoms with van der Waals surface area (Å²) in [7, 11) is -1.80. The largest absolute Gasteiger partial charge is 0.490 e. The Kier molecular flexibility index (Phi) is 4.73. The summed E-state index contributed by atoms with van der Waals surface area (Å²) < 4.78 is 18.1. The van der Waals surface area contributed by atoms with E-state index >= 15 is 0 Å². The van der Waals surface area contributed by atoms with E-state index in [1.54, 1.807) is 0 Å². The highest BCUT2D eigenvalue weighted by atomic mass is 79.9. The van der Waals surface area contributed by atoms with Gasteiger partial charge in [0.25, 0.3) is 0 Å². The molecule has 2 rings (SSSR count). The van der Waals surface area contributed by atoms with Crippen LogP contribution in [0.1, 0.15) is 18.1 Å². The van der Waals surface area contributed by atoms with Crippen molar-refractivity contribution in [2.75, 3.05) is 13.2 Å². The van der Waals surface area contributed by atoms with Gasteiger partial charge in [-0.05, 0) is 53.3 Å². The van der Waals surface area contributed by atoms with Crippen LogP contribution in [0.2, 0.25) is 19.6 Å². The number of nitrogens with zero attached hydrogens (tertiary/aromatic N) is 1. The van der Waals surface area contributed by atoms with E-state index in [9.17, 15) is 5.26 Å². The number of hydrogen-bond acceptors (Lipinski definition) is 4. The van der Waals surface area contributed by atoms with Gasteiger partial charge in [-0.15, -0.1) is 0 Å². The van der Waals surface area contributed by atoms with E-state index in [4.69, 9.17) is 13.9 Å². The summed E-state index contributed by atoms with van der Waals surface area (Å²) in [6, 6.07) is 5.94. The maximum atomic E-state index is 9.35. The van der Waals surface area contributed by atoms with E-state index in [0.717, 1.165) is 16.5 Å². The molecule has 1 aliphatic heterocycles. The van der Waals surface area contributed by atoms with E-state index < -0.39 is 14.4 Å². The maximum absolute atomic E-state index is 9.35. The number of ether oxygens (including phenoxy) is 2. The van der Waals surface area contributed by atoms with Gasteiger partial charge in [0.2, 0.25) is 0 Å². The van der Waals surface area contributed by atoms with Crippen molar-refractivity contribution in [1.82, 2.24) is 0 Å². The van der Waals surface area contributed by atoms with Gasteiger partial charge in [0.15, 0.2) is 25.9 Å². The highest BCUT2D eigenvalue weighted by Crippen LogP contribution is 2.40. The van der Waals surface area contributed by atoms with Gasteiger partial charge in [-0.1, -0.05) is 0 Å². The number of benzene rings is 1. The zero-order chi connectivity index (χ0) is 14.8. The second-order valence-electron chi connectivity index (χ2n) is 5.62. The molecule has 0 aliphatic carbocycles. The number of nitriles is 1. The molecule has 4 nitrogen and oxygen atoms in total. The van der Waals surface area contributed by atoms with Gasteiger partial charge in [0, 0.05) is 6.42 Å². The molecule has 0 aromatic heterocycles. The predicted octanol–water partition coefficient (Wildman–Crippen LogP) is 4.03. The first-order valence-corrected chi connectivity index (χ1v) is 10.8. The number of rotatable bonds is 3. The fourth-order valence-corrected chi connectivity index (χ4v) is 3.39. The molecule has 1 unspecified atom stereocenters. The molecule has 0 amide bonds. The van der Waals surface area contributed by atoms with Gasteiger partial charge >= 0.3 is 0 Å². The topological polar surface area (TPSA) is 51.5 Å². The molecular weight excluding hydrogens is 338 g/mol. The van der Waals surface area contributed by atoms with Gasteiger partial charge in [-0.3, -0.25) is 0 Å². The minimum absolute atomic E-state index is 0.574. The maximum Gasteiger partial charge on any atom is 0.186 e. The first-order valence-electron chi connectivity index (χ1n) is 6.57. The average Bonchev–Trinajstić information content (AvgIpc) is 2.60. The lowest BCUT2D eigenvalue weighted by Gasteiger charge is -2.22. The first kappa shape index (κ1) is 15.4. The zero-order valence-electron chi connectivity index (χ0n) is 11.9. The average molecular weight is 356 g/mol. The summed E-state index contributed by atoms with van der Waals surface area (Å²) >= 11 is 3.49. The predicted molar refractivity (Wildman–Crippen MR) is 82.5 cm³/mol. The Hall–Kier alpha value is -1.03. The van der Waals surface area contributed by atoms with Crippen molar-refractivity contribution in [3.63, 3.8) is 0 Å². The van der Waals surface area contributed by atoms with Crippen LogP contribution < -0.4 is 9.47 Å². The normalized spacial score (nSPS) is 16.1. The van der Waals surface area contributed by atoms with Gasteiger partial charge in [-0.25, -0.2) is 0 Å². The van der Waals surface area contributed by atoms with Gasteiger partial charge in [0.05, 0.1) is 23.8 Å². The van der Waals surface area contributed by atoms with Crippen LogP contribution in [-0.4, -0.2) is 21.5 Å². The molecule has 1 heterocycles. The monoisotopic (exact) mass is 355 g/mol. The summed E-state index contributed by atoms with van der Waals surface area (Å²) in [6.45, 7) is 7.45. The first-order chi connectivity index (χ1) is 9.40. The Bertz CT molecular complexity index is 536. The molecule has 20 heavy (non-hydrogen) atoms. The highest BCUT2D eigenvalue weighted by Gasteiger charge is 2.25. The molecule has 1 aliphatic rings. The lowest BCUT2D eigenvalue weighted by Crippen LogP contribution is -2.27. The Morgan fingerprint density at radius 1 is 1.30 bits per heavy atom. The summed E-state index contributed by atoms with van der Waals surface area (Å²) in [4.78, 5) is 0. The smallest absolute Gasteiger partial charge is 0.186 e. The number of halogens is 1. The van der Waals surface area contributed by atoms with Crippen LogP contribution in [0.4, 0.5) is 0 Å². The molecule has 0 saturated heterocycles. The summed E-state index contributed by atoms with van der Waals surface area (Å²) in [5.41, 5.74) is 0.797. The molecule has 0 radical (unpaired) electrons. The molecule has 108 valence electrons. The van der Waals surface area contributed by atoms with Crippen molar-refractivity contribution in [1.29, 1.82) is 5.26 Å². The molecule has 6 heteroatoms. The fourth-order valence-electron chi connectivity index (χ4n) is 1.92. The summed E-state index contributed by atoms with van der Waals surface area (Å²) in [5.74, 6) is 1.38. The molecule has 0 spiro atoms. The number of fused-ring (bicyclic) bond motifs is 1. The van der Waals surface area contributed by atoms with Gasteiger partial charge in [-0.2, -0.15) is 5.26 Å². The van der Waals surface area contributed by atoms with Crippen molar-refractivity contribution in [3.8, 4) is 17.6 Å². The van der Waals surface area contributed by atoms with Crippen LogP contribution in [0.15, 0.2) is 16.6 Å². The Labute approximate surface area is 128 Å². The van der Waals surface area contributed by atoms with E-state index in [0.29, 0.717) is 24.7 Å².